The number of nitrogens with zero attached hydrogens (tertiary/aromatic N) is 2. The number of carbonyl (C=O) groups excluding carboxylic acids is 1. The second-order valence-electron chi connectivity index (χ2n) is 8.12. The number of primary amides is 1. The largest absolute Gasteiger partial charge is 0.365 e. The first-order chi connectivity index (χ1) is 14.6. The molecule has 1 fully saturated rings. The number of H-pyrrole nitrogens is 1. The van der Waals surface area contributed by atoms with Crippen LogP contribution in [0, 0.1) is 0 Å². The summed E-state index contributed by atoms with van der Waals surface area (Å²) in [6.07, 6.45) is 10.3. The van der Waals surface area contributed by atoms with Crippen molar-refractivity contribution in [2.45, 2.75) is 57.3 Å². The Morgan fingerprint density at radius 1 is 1.10 bits per heavy atom. The number of aryl methyl sites for hydroxylation is 2. The van der Waals surface area contributed by atoms with Crippen molar-refractivity contribution in [3.8, 4) is 0 Å². The highest BCUT2D eigenvalue weighted by atomic mass is 35.5. The highest BCUT2D eigenvalue weighted by molar-refractivity contribution is 6.30. The van der Waals surface area contributed by atoms with E-state index in [4.69, 9.17) is 22.3 Å². The smallest absolute Gasteiger partial charge is 0.252 e. The Labute approximate surface area is 182 Å². The van der Waals surface area contributed by atoms with E-state index in [9.17, 15) is 4.79 Å². The van der Waals surface area contributed by atoms with Gasteiger partial charge >= 0.3 is 0 Å². The van der Waals surface area contributed by atoms with Crippen LogP contribution in [0.4, 0.5) is 0 Å². The Morgan fingerprint density at radius 3 is 2.63 bits per heavy atom. The Balaban J connectivity index is 1.44. The summed E-state index contributed by atoms with van der Waals surface area (Å²) < 4.78 is 0. The summed E-state index contributed by atoms with van der Waals surface area (Å²) in [5, 5.41) is 8.05. The number of benzene rings is 1. The van der Waals surface area contributed by atoms with Crippen molar-refractivity contribution >= 4 is 17.5 Å². The molecule has 1 aliphatic rings. The van der Waals surface area contributed by atoms with Gasteiger partial charge < -0.3 is 5.73 Å². The molecule has 0 aliphatic heterocycles. The minimum atomic E-state index is -0.457. The molecule has 2 aromatic heterocycles. The fourth-order valence-corrected chi connectivity index (χ4v) is 4.57. The van der Waals surface area contributed by atoms with Gasteiger partial charge in [-0.3, -0.25) is 14.9 Å². The van der Waals surface area contributed by atoms with Gasteiger partial charge in [-0.25, -0.2) is 0 Å². The molecule has 1 amide bonds. The Bertz CT molecular complexity index is 1010. The van der Waals surface area contributed by atoms with Crippen LogP contribution in [-0.2, 0) is 19.3 Å². The molecule has 2 heterocycles. The maximum Gasteiger partial charge on any atom is 0.252 e. The molecule has 0 atom stereocenters. The van der Waals surface area contributed by atoms with Crippen molar-refractivity contribution < 1.29 is 4.79 Å². The van der Waals surface area contributed by atoms with Crippen LogP contribution in [0.25, 0.3) is 0 Å². The third-order valence-electron chi connectivity index (χ3n) is 5.95. The maximum absolute atomic E-state index is 12.1. The first-order valence-corrected chi connectivity index (χ1v) is 11.0. The zero-order valence-corrected chi connectivity index (χ0v) is 17.8. The number of hydrogen-bond donors (Lipinski definition) is 2. The molecule has 0 spiro atoms. The van der Waals surface area contributed by atoms with Gasteiger partial charge in [0.05, 0.1) is 17.0 Å². The molecular formula is C24H27ClN4O. The first-order valence-electron chi connectivity index (χ1n) is 10.7. The lowest BCUT2D eigenvalue weighted by molar-refractivity contribution is 0.0998. The molecule has 3 N–H and O–H groups in total. The Morgan fingerprint density at radius 2 is 1.93 bits per heavy atom. The van der Waals surface area contributed by atoms with Crippen molar-refractivity contribution in [1.29, 1.82) is 0 Å². The SMILES string of the molecule is NC(=O)c1c(CCc2ccc(C3CCCCC3)nc2)n[nH]c1Cc1cccc(Cl)c1. The highest BCUT2D eigenvalue weighted by Crippen LogP contribution is 2.31. The van der Waals surface area contributed by atoms with Gasteiger partial charge in [-0.2, -0.15) is 5.10 Å². The van der Waals surface area contributed by atoms with Gasteiger partial charge in [0.1, 0.15) is 0 Å². The minimum absolute atomic E-state index is 0.457. The zero-order chi connectivity index (χ0) is 20.9. The van der Waals surface area contributed by atoms with E-state index in [2.05, 4.69) is 22.3 Å². The molecule has 0 radical (unpaired) electrons. The van der Waals surface area contributed by atoms with Gasteiger partial charge in [-0.1, -0.05) is 49.1 Å². The molecule has 156 valence electrons. The van der Waals surface area contributed by atoms with E-state index < -0.39 is 5.91 Å². The average Bonchev–Trinajstić information content (AvgIpc) is 3.16. The number of halogens is 1. The van der Waals surface area contributed by atoms with E-state index in [0.717, 1.165) is 23.2 Å². The Hall–Kier alpha value is -2.66. The summed E-state index contributed by atoms with van der Waals surface area (Å²) in [6.45, 7) is 0. The molecule has 1 aliphatic carbocycles. The second kappa shape index (κ2) is 9.43. The average molecular weight is 423 g/mol. The van der Waals surface area contributed by atoms with Crippen LogP contribution < -0.4 is 5.73 Å². The first kappa shape index (κ1) is 20.6. The van der Waals surface area contributed by atoms with Gasteiger partial charge in [0.25, 0.3) is 5.91 Å². The van der Waals surface area contributed by atoms with Crippen LogP contribution in [0.2, 0.25) is 5.02 Å². The van der Waals surface area contributed by atoms with Crippen molar-refractivity contribution in [3.63, 3.8) is 0 Å². The second-order valence-corrected chi connectivity index (χ2v) is 8.56. The summed E-state index contributed by atoms with van der Waals surface area (Å²) in [6, 6.07) is 11.9. The van der Waals surface area contributed by atoms with Crippen LogP contribution >= 0.6 is 11.6 Å². The molecule has 3 aromatic rings. The summed E-state index contributed by atoms with van der Waals surface area (Å²) in [4.78, 5) is 16.8. The number of carbonyl (C=O) groups is 1. The third kappa shape index (κ3) is 4.90. The molecular weight excluding hydrogens is 396 g/mol. The highest BCUT2D eigenvalue weighted by Gasteiger charge is 2.19. The van der Waals surface area contributed by atoms with Crippen LogP contribution in [0.15, 0.2) is 42.6 Å². The van der Waals surface area contributed by atoms with Crippen molar-refractivity contribution in [3.05, 3.63) is 81.4 Å². The molecule has 6 heteroatoms. The topological polar surface area (TPSA) is 84.7 Å². The molecule has 0 unspecified atom stereocenters. The minimum Gasteiger partial charge on any atom is -0.365 e. The summed E-state index contributed by atoms with van der Waals surface area (Å²) >= 11 is 6.07. The Kier molecular flexibility index (Phi) is 6.48. The van der Waals surface area contributed by atoms with Crippen LogP contribution in [0.1, 0.15) is 76.6 Å². The van der Waals surface area contributed by atoms with E-state index in [1.807, 2.05) is 30.5 Å². The molecule has 0 bridgehead atoms. The number of aromatic amines is 1. The maximum atomic E-state index is 12.1. The number of aromatic nitrogens is 3. The monoisotopic (exact) mass is 422 g/mol. The molecule has 1 aromatic carbocycles. The fourth-order valence-electron chi connectivity index (χ4n) is 4.36. The van der Waals surface area contributed by atoms with Crippen LogP contribution in [0.3, 0.4) is 0 Å². The van der Waals surface area contributed by atoms with Gasteiger partial charge in [0.15, 0.2) is 0 Å². The molecule has 5 nitrogen and oxygen atoms in total. The van der Waals surface area contributed by atoms with Crippen molar-refractivity contribution in [2.24, 2.45) is 5.73 Å². The standard InChI is InChI=1S/C24H27ClN4O/c25-19-8-4-5-17(13-19)14-22-23(24(26)30)21(28-29-22)12-10-16-9-11-20(27-15-16)18-6-2-1-3-7-18/h4-5,8-9,11,13,15,18H,1-3,6-7,10,12,14H2,(H2,26,30)(H,28,29). The molecule has 4 rings (SSSR count). The lowest BCUT2D eigenvalue weighted by Gasteiger charge is -2.21. The third-order valence-corrected chi connectivity index (χ3v) is 6.19. The quantitative estimate of drug-likeness (QED) is 0.563. The number of amides is 1. The van der Waals surface area contributed by atoms with Crippen molar-refractivity contribution in [1.82, 2.24) is 15.2 Å². The van der Waals surface area contributed by atoms with Gasteiger partial charge in [-0.15, -0.1) is 0 Å². The van der Waals surface area contributed by atoms with Gasteiger partial charge in [-0.05, 0) is 55.0 Å². The van der Waals surface area contributed by atoms with E-state index >= 15 is 0 Å². The van der Waals surface area contributed by atoms with E-state index in [1.165, 1.54) is 37.8 Å². The number of rotatable bonds is 7. The summed E-state index contributed by atoms with van der Waals surface area (Å²) in [5.41, 5.74) is 11.0. The summed E-state index contributed by atoms with van der Waals surface area (Å²) in [7, 11) is 0. The lowest BCUT2D eigenvalue weighted by atomic mass is 9.86. The van der Waals surface area contributed by atoms with Crippen LogP contribution in [0.5, 0.6) is 0 Å². The molecule has 0 saturated heterocycles. The number of nitrogens with two attached hydrogens (primary N) is 1. The van der Waals surface area contributed by atoms with E-state index in [-0.39, 0.29) is 0 Å². The zero-order valence-electron chi connectivity index (χ0n) is 17.0. The van der Waals surface area contributed by atoms with E-state index in [1.54, 1.807) is 0 Å². The van der Waals surface area contributed by atoms with Crippen LogP contribution in [-0.4, -0.2) is 21.1 Å². The van der Waals surface area contributed by atoms with Crippen molar-refractivity contribution in [2.75, 3.05) is 0 Å². The molecule has 30 heavy (non-hydrogen) atoms. The van der Waals surface area contributed by atoms with Gasteiger partial charge in [0, 0.05) is 29.3 Å². The summed E-state index contributed by atoms with van der Waals surface area (Å²) in [5.74, 6) is 0.149. The number of hydrogen-bond acceptors (Lipinski definition) is 3. The number of pyridine rings is 1. The normalized spacial score (nSPS) is 14.7. The predicted octanol–water partition coefficient (Wildman–Crippen LogP) is 4.98. The lowest BCUT2D eigenvalue weighted by Crippen LogP contribution is -2.15. The molecule has 1 saturated carbocycles. The number of nitrogens with one attached hydrogen (secondary N) is 1. The fraction of sp³-hybridized carbons (Fsp3) is 0.375. The van der Waals surface area contributed by atoms with Gasteiger partial charge in [0.2, 0.25) is 0 Å². The van der Waals surface area contributed by atoms with E-state index in [0.29, 0.717) is 35.0 Å². The predicted molar refractivity (Wildman–Crippen MR) is 119 cm³/mol.